The smallest absolute Gasteiger partial charge is 0.0622 e. The molecule has 0 radical (unpaired) electrons. The van der Waals surface area contributed by atoms with Crippen molar-refractivity contribution in [2.75, 3.05) is 7.05 Å². The van der Waals surface area contributed by atoms with Gasteiger partial charge < -0.3 is 5.32 Å². The van der Waals surface area contributed by atoms with Crippen LogP contribution in [-0.4, -0.2) is 12.0 Å². The predicted octanol–water partition coefficient (Wildman–Crippen LogP) is 3.86. The highest BCUT2D eigenvalue weighted by molar-refractivity contribution is 6.31. The van der Waals surface area contributed by atoms with Crippen molar-refractivity contribution >= 4 is 11.6 Å². The van der Waals surface area contributed by atoms with Gasteiger partial charge in [-0.2, -0.15) is 0 Å². The Hall–Kier alpha value is -1.38. The molecule has 19 heavy (non-hydrogen) atoms. The number of aromatic nitrogens is 1. The quantitative estimate of drug-likeness (QED) is 0.916. The lowest BCUT2D eigenvalue weighted by Gasteiger charge is -2.18. The van der Waals surface area contributed by atoms with Gasteiger partial charge in [-0.25, -0.2) is 0 Å². The van der Waals surface area contributed by atoms with Crippen LogP contribution >= 0.6 is 11.6 Å². The van der Waals surface area contributed by atoms with Crippen LogP contribution in [0, 0.1) is 13.8 Å². The van der Waals surface area contributed by atoms with Crippen molar-refractivity contribution in [3.8, 4) is 0 Å². The molecule has 1 unspecified atom stereocenters. The van der Waals surface area contributed by atoms with Gasteiger partial charge in [0.15, 0.2) is 0 Å². The molecule has 1 aromatic heterocycles. The van der Waals surface area contributed by atoms with Crippen molar-refractivity contribution in [1.29, 1.82) is 0 Å². The molecule has 1 atom stereocenters. The fourth-order valence-electron chi connectivity index (χ4n) is 2.39. The van der Waals surface area contributed by atoms with Crippen LogP contribution in [-0.2, 0) is 6.42 Å². The molecule has 0 fully saturated rings. The summed E-state index contributed by atoms with van der Waals surface area (Å²) in [5, 5.41) is 4.10. The second-order valence-corrected chi connectivity index (χ2v) is 5.34. The van der Waals surface area contributed by atoms with Gasteiger partial charge in [0.05, 0.1) is 5.02 Å². The van der Waals surface area contributed by atoms with E-state index in [0.717, 1.165) is 17.0 Å². The minimum Gasteiger partial charge on any atom is -0.313 e. The Labute approximate surface area is 119 Å². The van der Waals surface area contributed by atoms with Gasteiger partial charge in [-0.3, -0.25) is 4.98 Å². The molecule has 0 amide bonds. The second kappa shape index (κ2) is 6.18. The van der Waals surface area contributed by atoms with Gasteiger partial charge in [0.2, 0.25) is 0 Å². The van der Waals surface area contributed by atoms with Crippen LogP contribution in [0.15, 0.2) is 36.7 Å². The first-order valence-corrected chi connectivity index (χ1v) is 6.82. The lowest BCUT2D eigenvalue weighted by Crippen LogP contribution is -2.19. The molecule has 0 aliphatic heterocycles. The first kappa shape index (κ1) is 14.0. The number of hydrogen-bond donors (Lipinski definition) is 1. The van der Waals surface area contributed by atoms with Crippen LogP contribution in [0.25, 0.3) is 0 Å². The summed E-state index contributed by atoms with van der Waals surface area (Å²) in [6, 6.07) is 8.89. The number of halogens is 1. The van der Waals surface area contributed by atoms with E-state index in [4.69, 9.17) is 11.6 Å². The van der Waals surface area contributed by atoms with Crippen LogP contribution in [0.1, 0.15) is 28.3 Å². The van der Waals surface area contributed by atoms with Crippen molar-refractivity contribution in [1.82, 2.24) is 10.3 Å². The molecule has 2 nitrogen and oxygen atoms in total. The summed E-state index contributed by atoms with van der Waals surface area (Å²) in [5.41, 5.74) is 5.00. The molecular formula is C16H19ClN2. The van der Waals surface area contributed by atoms with Crippen molar-refractivity contribution in [2.45, 2.75) is 26.3 Å². The maximum absolute atomic E-state index is 6.19. The summed E-state index contributed by atoms with van der Waals surface area (Å²) in [4.78, 5) is 4.03. The molecule has 0 bridgehead atoms. The first-order valence-electron chi connectivity index (χ1n) is 6.44. The normalized spacial score (nSPS) is 12.4. The number of nitrogens with one attached hydrogen (secondary N) is 1. The zero-order valence-electron chi connectivity index (χ0n) is 11.6. The summed E-state index contributed by atoms with van der Waals surface area (Å²) in [7, 11) is 1.98. The van der Waals surface area contributed by atoms with Crippen molar-refractivity contribution in [3.63, 3.8) is 0 Å². The third-order valence-corrected chi connectivity index (χ3v) is 3.62. The van der Waals surface area contributed by atoms with Gasteiger partial charge in [-0.05, 0) is 44.5 Å². The molecule has 1 N–H and O–H groups in total. The molecule has 1 aromatic carbocycles. The number of pyridine rings is 1. The highest BCUT2D eigenvalue weighted by Gasteiger charge is 2.12. The molecular weight excluding hydrogens is 256 g/mol. The number of rotatable bonds is 4. The van der Waals surface area contributed by atoms with E-state index < -0.39 is 0 Å². The van der Waals surface area contributed by atoms with E-state index in [1.807, 2.05) is 13.1 Å². The Balaban J connectivity index is 2.28. The summed E-state index contributed by atoms with van der Waals surface area (Å²) in [5.74, 6) is 0. The fourth-order valence-corrected chi connectivity index (χ4v) is 2.58. The van der Waals surface area contributed by atoms with Gasteiger partial charge in [-0.1, -0.05) is 40.9 Å². The van der Waals surface area contributed by atoms with Crippen molar-refractivity contribution < 1.29 is 0 Å². The zero-order valence-corrected chi connectivity index (χ0v) is 12.3. The lowest BCUT2D eigenvalue weighted by atomic mass is 9.96. The van der Waals surface area contributed by atoms with E-state index in [0.29, 0.717) is 0 Å². The molecule has 2 aromatic rings. The fraction of sp³-hybridized carbons (Fsp3) is 0.312. The topological polar surface area (TPSA) is 24.9 Å². The highest BCUT2D eigenvalue weighted by atomic mass is 35.5. The van der Waals surface area contributed by atoms with Crippen molar-refractivity contribution in [3.05, 3.63) is 63.9 Å². The van der Waals surface area contributed by atoms with Gasteiger partial charge in [-0.15, -0.1) is 0 Å². The second-order valence-electron chi connectivity index (χ2n) is 4.93. The molecule has 3 heteroatoms. The number of likely N-dealkylation sites (N-methyl/N-ethyl adjacent to an activating group) is 1. The van der Waals surface area contributed by atoms with E-state index in [-0.39, 0.29) is 6.04 Å². The van der Waals surface area contributed by atoms with E-state index in [1.165, 1.54) is 16.7 Å². The summed E-state index contributed by atoms with van der Waals surface area (Å²) in [6.07, 6.45) is 4.35. The zero-order chi connectivity index (χ0) is 13.8. The van der Waals surface area contributed by atoms with Gasteiger partial charge in [0.1, 0.15) is 0 Å². The third kappa shape index (κ3) is 3.55. The molecule has 2 rings (SSSR count). The minimum absolute atomic E-state index is 0.262. The standard InChI is InChI=1S/C16H19ClN2/c1-11-6-12(2)8-14(7-11)16(18-3)9-13-4-5-19-10-15(13)17/h4-8,10,16,18H,9H2,1-3H3. The number of benzene rings is 1. The average Bonchev–Trinajstić information content (AvgIpc) is 2.36. The van der Waals surface area contributed by atoms with Crippen LogP contribution in [0.5, 0.6) is 0 Å². The van der Waals surface area contributed by atoms with Crippen LogP contribution < -0.4 is 5.32 Å². The lowest BCUT2D eigenvalue weighted by molar-refractivity contribution is 0.591. The van der Waals surface area contributed by atoms with E-state index in [2.05, 4.69) is 42.3 Å². The predicted molar refractivity (Wildman–Crippen MR) is 80.7 cm³/mol. The molecule has 0 spiro atoms. The molecule has 0 aliphatic carbocycles. The first-order chi connectivity index (χ1) is 9.10. The minimum atomic E-state index is 0.262. The number of aryl methyl sites for hydroxylation is 2. The van der Waals surface area contributed by atoms with E-state index in [9.17, 15) is 0 Å². The van der Waals surface area contributed by atoms with Crippen LogP contribution in [0.4, 0.5) is 0 Å². The van der Waals surface area contributed by atoms with Gasteiger partial charge in [0.25, 0.3) is 0 Å². The SMILES string of the molecule is CNC(Cc1ccncc1Cl)c1cc(C)cc(C)c1. The van der Waals surface area contributed by atoms with Crippen LogP contribution in [0.2, 0.25) is 5.02 Å². The summed E-state index contributed by atoms with van der Waals surface area (Å²) >= 11 is 6.19. The molecule has 0 saturated carbocycles. The maximum Gasteiger partial charge on any atom is 0.0622 e. The largest absolute Gasteiger partial charge is 0.313 e. The van der Waals surface area contributed by atoms with Crippen molar-refractivity contribution in [2.24, 2.45) is 0 Å². The van der Waals surface area contributed by atoms with Gasteiger partial charge >= 0.3 is 0 Å². The Morgan fingerprint density at radius 2 is 1.89 bits per heavy atom. The average molecular weight is 275 g/mol. The number of hydrogen-bond acceptors (Lipinski definition) is 2. The number of nitrogens with zero attached hydrogens (tertiary/aromatic N) is 1. The Bertz CT molecular complexity index is 546. The molecule has 100 valence electrons. The Kier molecular flexibility index (Phi) is 4.56. The molecule has 0 saturated heterocycles. The summed E-state index contributed by atoms with van der Waals surface area (Å²) in [6.45, 7) is 4.26. The van der Waals surface area contributed by atoms with E-state index >= 15 is 0 Å². The monoisotopic (exact) mass is 274 g/mol. The maximum atomic E-state index is 6.19. The Morgan fingerprint density at radius 1 is 1.21 bits per heavy atom. The van der Waals surface area contributed by atoms with Gasteiger partial charge in [0, 0.05) is 18.4 Å². The molecule has 0 aliphatic rings. The Morgan fingerprint density at radius 3 is 2.47 bits per heavy atom. The third-order valence-electron chi connectivity index (χ3n) is 3.28. The van der Waals surface area contributed by atoms with E-state index in [1.54, 1.807) is 12.4 Å². The van der Waals surface area contributed by atoms with Crippen LogP contribution in [0.3, 0.4) is 0 Å². The summed E-state index contributed by atoms with van der Waals surface area (Å²) < 4.78 is 0. The highest BCUT2D eigenvalue weighted by Crippen LogP contribution is 2.24. The molecule has 1 heterocycles.